The number of aryl methyl sites for hydroxylation is 1. The molecular formula is C18H17N3O2. The number of hydrogen-bond acceptors (Lipinski definition) is 3. The van der Waals surface area contributed by atoms with Crippen LogP contribution in [0.2, 0.25) is 0 Å². The lowest BCUT2D eigenvalue weighted by Gasteiger charge is -2.07. The average molecular weight is 307 g/mol. The van der Waals surface area contributed by atoms with Crippen LogP contribution in [0.3, 0.4) is 0 Å². The maximum atomic E-state index is 12.0. The van der Waals surface area contributed by atoms with Gasteiger partial charge in [-0.05, 0) is 54.6 Å². The van der Waals surface area contributed by atoms with Crippen molar-refractivity contribution in [2.75, 3.05) is 6.54 Å². The second-order valence-electron chi connectivity index (χ2n) is 5.44. The van der Waals surface area contributed by atoms with Crippen LogP contribution in [0.5, 0.6) is 0 Å². The number of carbonyl (C=O) groups is 1. The molecule has 1 amide bonds. The van der Waals surface area contributed by atoms with E-state index in [0.29, 0.717) is 17.7 Å². The zero-order valence-electron chi connectivity index (χ0n) is 12.8. The first kappa shape index (κ1) is 15.0. The summed E-state index contributed by atoms with van der Waals surface area (Å²) in [7, 11) is 0. The topological polar surface area (TPSA) is 74.8 Å². The first-order valence-corrected chi connectivity index (χ1v) is 7.44. The number of benzene rings is 1. The van der Waals surface area contributed by atoms with Gasteiger partial charge < -0.3 is 10.3 Å². The molecule has 0 bridgehead atoms. The van der Waals surface area contributed by atoms with E-state index in [9.17, 15) is 9.59 Å². The summed E-state index contributed by atoms with van der Waals surface area (Å²) in [4.78, 5) is 30.3. The normalized spacial score (nSPS) is 10.7. The molecule has 2 heterocycles. The second kappa shape index (κ2) is 6.44. The van der Waals surface area contributed by atoms with E-state index in [4.69, 9.17) is 0 Å². The average Bonchev–Trinajstić information content (AvgIpc) is 2.57. The lowest BCUT2D eigenvalue weighted by atomic mass is 10.1. The van der Waals surface area contributed by atoms with Crippen LogP contribution in [0.4, 0.5) is 0 Å². The Bertz CT molecular complexity index is 901. The summed E-state index contributed by atoms with van der Waals surface area (Å²) in [5, 5.41) is 3.89. The van der Waals surface area contributed by atoms with Gasteiger partial charge in [0.1, 0.15) is 0 Å². The summed E-state index contributed by atoms with van der Waals surface area (Å²) >= 11 is 0. The molecule has 0 saturated carbocycles. The number of aromatic nitrogens is 2. The van der Waals surface area contributed by atoms with Crippen LogP contribution in [0, 0.1) is 6.92 Å². The molecular weight excluding hydrogens is 290 g/mol. The van der Waals surface area contributed by atoms with Gasteiger partial charge in [-0.3, -0.25) is 14.6 Å². The first-order chi connectivity index (χ1) is 11.1. The molecule has 5 nitrogen and oxygen atoms in total. The first-order valence-electron chi connectivity index (χ1n) is 7.44. The van der Waals surface area contributed by atoms with Gasteiger partial charge in [0.15, 0.2) is 0 Å². The molecule has 0 radical (unpaired) electrons. The summed E-state index contributed by atoms with van der Waals surface area (Å²) in [5.74, 6) is -0.103. The van der Waals surface area contributed by atoms with Crippen molar-refractivity contribution >= 4 is 16.8 Å². The van der Waals surface area contributed by atoms with Gasteiger partial charge in [0.05, 0.1) is 0 Å². The Hall–Kier alpha value is -2.95. The predicted octanol–water partition coefficient (Wildman–Crippen LogP) is 2.20. The van der Waals surface area contributed by atoms with E-state index in [1.165, 1.54) is 0 Å². The molecule has 2 aromatic heterocycles. The Kier molecular flexibility index (Phi) is 4.19. The molecule has 0 spiro atoms. The fourth-order valence-corrected chi connectivity index (χ4v) is 2.45. The third-order valence-electron chi connectivity index (χ3n) is 3.74. The van der Waals surface area contributed by atoms with Gasteiger partial charge in [-0.2, -0.15) is 0 Å². The fraction of sp³-hybridized carbons (Fsp3) is 0.167. The highest BCUT2D eigenvalue weighted by Gasteiger charge is 2.04. The zero-order chi connectivity index (χ0) is 16.2. The number of rotatable bonds is 4. The van der Waals surface area contributed by atoms with Gasteiger partial charge in [0.25, 0.3) is 11.5 Å². The van der Waals surface area contributed by atoms with Crippen molar-refractivity contribution in [3.05, 3.63) is 75.8 Å². The Morgan fingerprint density at radius 2 is 1.96 bits per heavy atom. The molecule has 0 unspecified atom stereocenters. The number of nitrogens with zero attached hydrogens (tertiary/aromatic N) is 1. The van der Waals surface area contributed by atoms with E-state index in [0.717, 1.165) is 22.9 Å². The molecule has 23 heavy (non-hydrogen) atoms. The van der Waals surface area contributed by atoms with Crippen LogP contribution >= 0.6 is 0 Å². The molecule has 0 aliphatic heterocycles. The number of nitrogens with one attached hydrogen (secondary N) is 2. The quantitative estimate of drug-likeness (QED) is 0.776. The Labute approximate surface area is 133 Å². The molecule has 3 rings (SSSR count). The van der Waals surface area contributed by atoms with Crippen molar-refractivity contribution in [2.45, 2.75) is 13.3 Å². The summed E-state index contributed by atoms with van der Waals surface area (Å²) in [6.45, 7) is 2.34. The summed E-state index contributed by atoms with van der Waals surface area (Å²) in [5.41, 5.74) is 3.17. The van der Waals surface area contributed by atoms with Crippen LogP contribution in [0.15, 0.2) is 53.6 Å². The van der Waals surface area contributed by atoms with E-state index in [2.05, 4.69) is 15.3 Å². The maximum absolute atomic E-state index is 12.0. The van der Waals surface area contributed by atoms with Crippen molar-refractivity contribution in [1.82, 2.24) is 15.3 Å². The van der Waals surface area contributed by atoms with E-state index in [1.807, 2.05) is 24.3 Å². The van der Waals surface area contributed by atoms with Gasteiger partial charge in [-0.25, -0.2) is 0 Å². The standard InChI is InChI=1S/C18H17N3O2/c1-12-10-15-11-13(2-3-16(15)21-17(12)22)4-9-20-18(23)14-5-7-19-8-6-14/h2-3,5-8,10-11H,4,9H2,1H3,(H,20,23)(H,21,22). The minimum absolute atomic E-state index is 0.0603. The van der Waals surface area contributed by atoms with Crippen molar-refractivity contribution < 1.29 is 4.79 Å². The number of aromatic amines is 1. The van der Waals surface area contributed by atoms with Crippen LogP contribution in [-0.2, 0) is 6.42 Å². The van der Waals surface area contributed by atoms with Crippen molar-refractivity contribution in [2.24, 2.45) is 0 Å². The Morgan fingerprint density at radius 3 is 2.74 bits per heavy atom. The highest BCUT2D eigenvalue weighted by atomic mass is 16.1. The molecule has 5 heteroatoms. The largest absolute Gasteiger partial charge is 0.352 e. The van der Waals surface area contributed by atoms with Crippen LogP contribution in [0.25, 0.3) is 10.9 Å². The van der Waals surface area contributed by atoms with E-state index < -0.39 is 0 Å². The molecule has 3 aromatic rings. The number of pyridine rings is 2. The molecule has 0 aliphatic rings. The van der Waals surface area contributed by atoms with Gasteiger partial charge in [0, 0.05) is 35.6 Å². The number of amides is 1. The van der Waals surface area contributed by atoms with Crippen molar-refractivity contribution in [3.8, 4) is 0 Å². The number of fused-ring (bicyclic) bond motifs is 1. The lowest BCUT2D eigenvalue weighted by Crippen LogP contribution is -2.25. The number of hydrogen-bond donors (Lipinski definition) is 2. The minimum Gasteiger partial charge on any atom is -0.352 e. The smallest absolute Gasteiger partial charge is 0.251 e. The number of carbonyl (C=O) groups excluding carboxylic acids is 1. The molecule has 1 aromatic carbocycles. The highest BCUT2D eigenvalue weighted by molar-refractivity contribution is 5.93. The monoisotopic (exact) mass is 307 g/mol. The van der Waals surface area contributed by atoms with Crippen LogP contribution in [0.1, 0.15) is 21.5 Å². The summed E-state index contributed by atoms with van der Waals surface area (Å²) in [6, 6.07) is 11.2. The maximum Gasteiger partial charge on any atom is 0.251 e. The van der Waals surface area contributed by atoms with Gasteiger partial charge >= 0.3 is 0 Å². The Morgan fingerprint density at radius 1 is 1.17 bits per heavy atom. The van der Waals surface area contributed by atoms with Crippen LogP contribution in [-0.4, -0.2) is 22.4 Å². The third-order valence-corrected chi connectivity index (χ3v) is 3.74. The highest BCUT2D eigenvalue weighted by Crippen LogP contribution is 2.14. The summed E-state index contributed by atoms with van der Waals surface area (Å²) in [6.07, 6.45) is 3.92. The van der Waals surface area contributed by atoms with Gasteiger partial charge in [-0.1, -0.05) is 6.07 Å². The molecule has 0 saturated heterocycles. The van der Waals surface area contributed by atoms with Crippen molar-refractivity contribution in [1.29, 1.82) is 0 Å². The molecule has 0 fully saturated rings. The minimum atomic E-state index is -0.103. The van der Waals surface area contributed by atoms with E-state index >= 15 is 0 Å². The third kappa shape index (κ3) is 3.45. The Balaban J connectivity index is 1.67. The molecule has 2 N–H and O–H groups in total. The second-order valence-corrected chi connectivity index (χ2v) is 5.44. The van der Waals surface area contributed by atoms with E-state index in [-0.39, 0.29) is 11.5 Å². The SMILES string of the molecule is Cc1cc2cc(CCNC(=O)c3ccncc3)ccc2[nH]c1=O. The molecule has 116 valence electrons. The van der Waals surface area contributed by atoms with Gasteiger partial charge in [0.2, 0.25) is 0 Å². The van der Waals surface area contributed by atoms with Crippen molar-refractivity contribution in [3.63, 3.8) is 0 Å². The molecule has 0 atom stereocenters. The van der Waals surface area contributed by atoms with Crippen LogP contribution < -0.4 is 10.9 Å². The lowest BCUT2D eigenvalue weighted by molar-refractivity contribution is 0.0954. The predicted molar refractivity (Wildman–Crippen MR) is 89.6 cm³/mol. The fourth-order valence-electron chi connectivity index (χ4n) is 2.45. The number of H-pyrrole nitrogens is 1. The van der Waals surface area contributed by atoms with Gasteiger partial charge in [-0.15, -0.1) is 0 Å². The summed E-state index contributed by atoms with van der Waals surface area (Å²) < 4.78 is 0. The van der Waals surface area contributed by atoms with E-state index in [1.54, 1.807) is 31.5 Å². The molecule has 0 aliphatic carbocycles. The zero-order valence-corrected chi connectivity index (χ0v) is 12.8.